The van der Waals surface area contributed by atoms with Crippen molar-refractivity contribution in [2.75, 3.05) is 13.7 Å². The summed E-state index contributed by atoms with van der Waals surface area (Å²) < 4.78 is 34.2. The Morgan fingerprint density at radius 1 is 1.50 bits per heavy atom. The van der Waals surface area contributed by atoms with Crippen LogP contribution < -0.4 is 0 Å². The van der Waals surface area contributed by atoms with Crippen molar-refractivity contribution in [1.82, 2.24) is 4.57 Å². The lowest BCUT2D eigenvalue weighted by Crippen LogP contribution is -2.21. The lowest BCUT2D eigenvalue weighted by molar-refractivity contribution is 0.0109. The Hall–Kier alpha value is -1.05. The van der Waals surface area contributed by atoms with Gasteiger partial charge in [0.15, 0.2) is 0 Å². The Kier molecular flexibility index (Phi) is 6.04. The molecule has 0 saturated heterocycles. The summed E-state index contributed by atoms with van der Waals surface area (Å²) in [7, 11) is 2.92. The minimum Gasteiger partial charge on any atom is -0.456 e. The molecule has 0 aliphatic carbocycles. The Morgan fingerprint density at radius 3 is 2.65 bits per heavy atom. The van der Waals surface area contributed by atoms with Gasteiger partial charge in [0.25, 0.3) is 9.05 Å². The van der Waals surface area contributed by atoms with Gasteiger partial charge in [0.1, 0.15) is 16.7 Å². The maximum absolute atomic E-state index is 12.0. The monoisotopic (exact) mass is 323 g/mol. The van der Waals surface area contributed by atoms with Crippen LogP contribution in [0.25, 0.3) is 0 Å². The van der Waals surface area contributed by atoms with E-state index in [9.17, 15) is 13.2 Å². The van der Waals surface area contributed by atoms with Crippen molar-refractivity contribution in [3.05, 3.63) is 18.0 Å². The van der Waals surface area contributed by atoms with Crippen molar-refractivity contribution < 1.29 is 22.7 Å². The first-order valence-corrected chi connectivity index (χ1v) is 8.45. The van der Waals surface area contributed by atoms with E-state index < -0.39 is 21.1 Å². The number of rotatable bonds is 7. The highest BCUT2D eigenvalue weighted by atomic mass is 35.7. The third-order valence-electron chi connectivity index (χ3n) is 2.54. The van der Waals surface area contributed by atoms with Crippen LogP contribution in [0.4, 0.5) is 0 Å². The summed E-state index contributed by atoms with van der Waals surface area (Å²) in [5.74, 6) is -0.602. The number of aryl methyl sites for hydroxylation is 1. The highest BCUT2D eigenvalue weighted by Gasteiger charge is 2.22. The summed E-state index contributed by atoms with van der Waals surface area (Å²) in [5.41, 5.74) is 0.161. The second kappa shape index (κ2) is 7.10. The number of ether oxygens (including phenoxy) is 2. The molecule has 1 aromatic rings. The maximum atomic E-state index is 12.0. The van der Waals surface area contributed by atoms with E-state index in [0.717, 1.165) is 6.42 Å². The van der Waals surface area contributed by atoms with E-state index in [1.807, 2.05) is 6.92 Å². The lowest BCUT2D eigenvalue weighted by atomic mass is 10.4. The third-order valence-corrected chi connectivity index (χ3v) is 3.86. The zero-order valence-corrected chi connectivity index (χ0v) is 13.2. The summed E-state index contributed by atoms with van der Waals surface area (Å²) in [4.78, 5) is 11.9. The number of aromatic nitrogens is 1. The highest BCUT2D eigenvalue weighted by Crippen LogP contribution is 2.20. The molecule has 1 unspecified atom stereocenters. The average Bonchev–Trinajstić information content (AvgIpc) is 2.73. The average molecular weight is 324 g/mol. The van der Waals surface area contributed by atoms with Gasteiger partial charge in [-0.3, -0.25) is 0 Å². The predicted octanol–water partition coefficient (Wildman–Crippen LogP) is 2.02. The smallest absolute Gasteiger partial charge is 0.355 e. The molecular weight excluding hydrogens is 306 g/mol. The standard InChI is InChI=1S/C12H18ClNO5S/c1-4-5-14-7-10(20(13,16)17)6-11(14)12(15)19-9(2)8-18-3/h6-7,9H,4-5,8H2,1-3H3. The molecule has 1 atom stereocenters. The van der Waals surface area contributed by atoms with E-state index in [0.29, 0.717) is 6.54 Å². The fourth-order valence-corrected chi connectivity index (χ4v) is 2.48. The third kappa shape index (κ3) is 4.50. The molecule has 0 spiro atoms. The van der Waals surface area contributed by atoms with Crippen molar-refractivity contribution in [3.63, 3.8) is 0 Å². The molecule has 1 aromatic heterocycles. The van der Waals surface area contributed by atoms with E-state index in [1.54, 1.807) is 6.92 Å². The molecule has 1 rings (SSSR count). The first-order chi connectivity index (χ1) is 9.29. The summed E-state index contributed by atoms with van der Waals surface area (Å²) in [6.07, 6.45) is 1.65. The normalized spacial score (nSPS) is 13.2. The number of halogens is 1. The van der Waals surface area contributed by atoms with Crippen molar-refractivity contribution in [2.24, 2.45) is 0 Å². The Labute approximate surface area is 123 Å². The summed E-state index contributed by atoms with van der Waals surface area (Å²) in [6, 6.07) is 1.22. The molecule has 0 N–H and O–H groups in total. The molecule has 0 aliphatic rings. The second-order valence-electron chi connectivity index (χ2n) is 4.36. The van der Waals surface area contributed by atoms with Gasteiger partial charge >= 0.3 is 5.97 Å². The molecule has 6 nitrogen and oxygen atoms in total. The largest absolute Gasteiger partial charge is 0.456 e. The summed E-state index contributed by atoms with van der Waals surface area (Å²) in [5, 5.41) is 0. The quantitative estimate of drug-likeness (QED) is 0.567. The molecule has 0 saturated carbocycles. The lowest BCUT2D eigenvalue weighted by Gasteiger charge is -2.13. The molecule has 0 bridgehead atoms. The van der Waals surface area contributed by atoms with Gasteiger partial charge in [-0.15, -0.1) is 0 Å². The highest BCUT2D eigenvalue weighted by molar-refractivity contribution is 8.13. The Bertz CT molecular complexity index is 566. The van der Waals surface area contributed by atoms with Crippen LogP contribution in [0.3, 0.4) is 0 Å². The summed E-state index contributed by atoms with van der Waals surface area (Å²) >= 11 is 0. The maximum Gasteiger partial charge on any atom is 0.355 e. The van der Waals surface area contributed by atoms with Crippen molar-refractivity contribution in [3.8, 4) is 0 Å². The van der Waals surface area contributed by atoms with Crippen LogP contribution in [0.2, 0.25) is 0 Å². The van der Waals surface area contributed by atoms with Crippen LogP contribution in [0.1, 0.15) is 30.8 Å². The fraction of sp³-hybridized carbons (Fsp3) is 0.583. The van der Waals surface area contributed by atoms with Crippen LogP contribution in [0, 0.1) is 0 Å². The molecule has 0 aliphatic heterocycles. The molecular formula is C12H18ClNO5S. The number of methoxy groups -OCH3 is 1. The molecule has 20 heavy (non-hydrogen) atoms. The second-order valence-corrected chi connectivity index (χ2v) is 6.93. The molecule has 0 radical (unpaired) electrons. The number of hydrogen-bond acceptors (Lipinski definition) is 5. The minimum atomic E-state index is -3.88. The van der Waals surface area contributed by atoms with Crippen molar-refractivity contribution in [1.29, 1.82) is 0 Å². The fourth-order valence-electron chi connectivity index (χ4n) is 1.73. The number of esters is 1. The van der Waals surface area contributed by atoms with Crippen LogP contribution in [-0.2, 0) is 25.1 Å². The van der Waals surface area contributed by atoms with Crippen LogP contribution in [0.15, 0.2) is 17.2 Å². The van der Waals surface area contributed by atoms with Crippen LogP contribution in [0.5, 0.6) is 0 Å². The van der Waals surface area contributed by atoms with Gasteiger partial charge in [-0.2, -0.15) is 0 Å². The minimum absolute atomic E-state index is 0.112. The number of carbonyl (C=O) groups is 1. The van der Waals surface area contributed by atoms with E-state index in [1.165, 1.54) is 23.9 Å². The molecule has 8 heteroatoms. The van der Waals surface area contributed by atoms with E-state index >= 15 is 0 Å². The van der Waals surface area contributed by atoms with Crippen molar-refractivity contribution >= 4 is 25.7 Å². The van der Waals surface area contributed by atoms with Gasteiger partial charge in [0.2, 0.25) is 0 Å². The van der Waals surface area contributed by atoms with Gasteiger partial charge in [-0.05, 0) is 19.4 Å². The first kappa shape index (κ1) is 17.0. The van der Waals surface area contributed by atoms with E-state index in [4.69, 9.17) is 20.2 Å². The molecule has 0 aromatic carbocycles. The van der Waals surface area contributed by atoms with E-state index in [-0.39, 0.29) is 17.2 Å². The SMILES string of the molecule is CCCn1cc(S(=O)(=O)Cl)cc1C(=O)OC(C)COC. The molecule has 0 fully saturated rings. The van der Waals surface area contributed by atoms with Gasteiger partial charge in [0, 0.05) is 30.5 Å². The zero-order chi connectivity index (χ0) is 15.3. The number of carbonyl (C=O) groups excluding carboxylic acids is 1. The summed E-state index contributed by atoms with van der Waals surface area (Å²) in [6.45, 7) is 4.36. The van der Waals surface area contributed by atoms with E-state index in [2.05, 4.69) is 0 Å². The molecule has 1 heterocycles. The predicted molar refractivity (Wildman–Crippen MR) is 74.5 cm³/mol. The van der Waals surface area contributed by atoms with Crippen LogP contribution >= 0.6 is 10.7 Å². The number of hydrogen-bond donors (Lipinski definition) is 0. The van der Waals surface area contributed by atoms with Gasteiger partial charge in [0.05, 0.1) is 6.61 Å². The van der Waals surface area contributed by atoms with Gasteiger partial charge < -0.3 is 14.0 Å². The van der Waals surface area contributed by atoms with Crippen LogP contribution in [-0.4, -0.2) is 38.8 Å². The van der Waals surface area contributed by atoms with Crippen molar-refractivity contribution in [2.45, 2.75) is 37.8 Å². The van der Waals surface area contributed by atoms with Gasteiger partial charge in [-0.25, -0.2) is 13.2 Å². The topological polar surface area (TPSA) is 74.6 Å². The molecule has 114 valence electrons. The zero-order valence-electron chi connectivity index (χ0n) is 11.6. The number of nitrogens with zero attached hydrogens (tertiary/aromatic N) is 1. The Morgan fingerprint density at radius 2 is 2.15 bits per heavy atom. The first-order valence-electron chi connectivity index (χ1n) is 6.14. The van der Waals surface area contributed by atoms with Gasteiger partial charge in [-0.1, -0.05) is 6.92 Å². The molecule has 0 amide bonds. The Balaban J connectivity index is 3.03.